The second kappa shape index (κ2) is 5.14. The van der Waals surface area contributed by atoms with E-state index in [4.69, 9.17) is 0 Å². The van der Waals surface area contributed by atoms with Crippen LogP contribution < -0.4 is 0 Å². The minimum absolute atomic E-state index is 0.119. The lowest BCUT2D eigenvalue weighted by Gasteiger charge is -1.96. The van der Waals surface area contributed by atoms with Gasteiger partial charge in [0.25, 0.3) is 0 Å². The summed E-state index contributed by atoms with van der Waals surface area (Å²) < 4.78 is 1.03. The maximum absolute atomic E-state index is 12.6. The van der Waals surface area contributed by atoms with E-state index in [0.29, 0.717) is 0 Å². The van der Waals surface area contributed by atoms with E-state index in [0.717, 1.165) is 41.9 Å². The Bertz CT molecular complexity index is 955. The summed E-state index contributed by atoms with van der Waals surface area (Å²) in [4.78, 5) is 17.6. The quantitative estimate of drug-likeness (QED) is 0.568. The molecule has 2 nitrogen and oxygen atoms in total. The fraction of sp³-hybridized carbons (Fsp3) is 0.0556. The Kier molecular flexibility index (Phi) is 3.24. The van der Waals surface area contributed by atoms with E-state index in [1.165, 1.54) is 0 Å². The summed E-state index contributed by atoms with van der Waals surface area (Å²) in [6, 6.07) is 12.1. The number of Topliss-reactive ketones (excluding diaryl/α,β-unsaturated/α-hetero) is 1. The van der Waals surface area contributed by atoms with Gasteiger partial charge in [0.05, 0.1) is 4.91 Å². The average Bonchev–Trinajstić information content (AvgIpc) is 3.02. The number of ketones is 1. The van der Waals surface area contributed by atoms with Gasteiger partial charge in [-0.3, -0.25) is 4.79 Å². The first-order valence-electron chi connectivity index (χ1n) is 6.93. The molecule has 1 N–H and O–H groups in total. The van der Waals surface area contributed by atoms with E-state index in [2.05, 4.69) is 27.0 Å². The molecular weight excluding hydrogens is 358 g/mol. The van der Waals surface area contributed by atoms with Gasteiger partial charge in [0.1, 0.15) is 0 Å². The molecule has 1 aliphatic rings. The summed E-state index contributed by atoms with van der Waals surface area (Å²) in [7, 11) is 0. The zero-order valence-electron chi connectivity index (χ0n) is 11.8. The predicted octanol–water partition coefficient (Wildman–Crippen LogP) is 5.57. The molecule has 1 aromatic heterocycles. The first-order chi connectivity index (χ1) is 10.6. The van der Waals surface area contributed by atoms with Crippen molar-refractivity contribution in [3.05, 3.63) is 68.7 Å². The van der Waals surface area contributed by atoms with Gasteiger partial charge in [-0.25, -0.2) is 0 Å². The highest BCUT2D eigenvalue weighted by atomic mass is 79.9. The van der Waals surface area contributed by atoms with Crippen LogP contribution in [0.25, 0.3) is 17.0 Å². The van der Waals surface area contributed by atoms with Crippen LogP contribution in [0, 0.1) is 6.92 Å². The Balaban J connectivity index is 1.80. The van der Waals surface area contributed by atoms with Gasteiger partial charge < -0.3 is 4.98 Å². The molecule has 0 aliphatic carbocycles. The smallest absolute Gasteiger partial charge is 0.200 e. The number of allylic oxidation sites excluding steroid dienone is 1. The Morgan fingerprint density at radius 3 is 2.91 bits per heavy atom. The van der Waals surface area contributed by atoms with Crippen molar-refractivity contribution in [3.8, 4) is 0 Å². The molecule has 0 saturated carbocycles. The maximum atomic E-state index is 12.6. The lowest BCUT2D eigenvalue weighted by molar-refractivity contribution is 0.104. The van der Waals surface area contributed by atoms with E-state index in [1.54, 1.807) is 11.8 Å². The Morgan fingerprint density at radius 2 is 2.05 bits per heavy atom. The summed E-state index contributed by atoms with van der Waals surface area (Å²) in [6.45, 7) is 2.01. The number of hydrogen-bond acceptors (Lipinski definition) is 2. The van der Waals surface area contributed by atoms with Crippen LogP contribution in [-0.4, -0.2) is 10.8 Å². The minimum Gasteiger partial charge on any atom is -0.361 e. The van der Waals surface area contributed by atoms with Crippen molar-refractivity contribution in [1.29, 1.82) is 0 Å². The van der Waals surface area contributed by atoms with Gasteiger partial charge in [0.2, 0.25) is 5.78 Å². The number of aromatic nitrogens is 1. The molecule has 0 radical (unpaired) electrons. The SMILES string of the molecule is Cc1ccc2c(c1)C(=O)/C(=C/c1c[nH]c3ccc(Br)cc13)S2. The third-order valence-electron chi connectivity index (χ3n) is 3.79. The number of benzene rings is 2. The lowest BCUT2D eigenvalue weighted by Crippen LogP contribution is -1.94. The lowest BCUT2D eigenvalue weighted by atomic mass is 10.1. The zero-order valence-corrected chi connectivity index (χ0v) is 14.2. The molecule has 4 heteroatoms. The minimum atomic E-state index is 0.119. The molecule has 2 heterocycles. The topological polar surface area (TPSA) is 32.9 Å². The van der Waals surface area contributed by atoms with E-state index >= 15 is 0 Å². The van der Waals surface area contributed by atoms with Gasteiger partial charge >= 0.3 is 0 Å². The third kappa shape index (κ3) is 2.23. The maximum Gasteiger partial charge on any atom is 0.200 e. The number of fused-ring (bicyclic) bond motifs is 2. The van der Waals surface area contributed by atoms with Crippen LogP contribution in [0.15, 0.2) is 56.9 Å². The number of hydrogen-bond donors (Lipinski definition) is 1. The fourth-order valence-electron chi connectivity index (χ4n) is 2.68. The van der Waals surface area contributed by atoms with Crippen molar-refractivity contribution in [2.75, 3.05) is 0 Å². The number of carbonyl (C=O) groups excluding carboxylic acids is 1. The largest absolute Gasteiger partial charge is 0.361 e. The zero-order chi connectivity index (χ0) is 15.3. The molecule has 4 rings (SSSR count). The fourth-order valence-corrected chi connectivity index (χ4v) is 4.06. The molecule has 0 spiro atoms. The monoisotopic (exact) mass is 369 g/mol. The second-order valence-electron chi connectivity index (χ2n) is 5.37. The van der Waals surface area contributed by atoms with Gasteiger partial charge in [-0.15, -0.1) is 0 Å². The van der Waals surface area contributed by atoms with Crippen molar-refractivity contribution < 1.29 is 4.79 Å². The number of halogens is 1. The molecule has 0 atom stereocenters. The van der Waals surface area contributed by atoms with Crippen molar-refractivity contribution in [3.63, 3.8) is 0 Å². The summed E-state index contributed by atoms with van der Waals surface area (Å²) in [6.07, 6.45) is 3.93. The number of rotatable bonds is 1. The van der Waals surface area contributed by atoms with Crippen LogP contribution in [0.4, 0.5) is 0 Å². The van der Waals surface area contributed by atoms with Gasteiger partial charge in [0.15, 0.2) is 0 Å². The van der Waals surface area contributed by atoms with Gasteiger partial charge in [-0.1, -0.05) is 39.3 Å². The normalized spacial score (nSPS) is 15.7. The molecule has 0 unspecified atom stereocenters. The van der Waals surface area contributed by atoms with E-state index in [-0.39, 0.29) is 5.78 Å². The standard InChI is InChI=1S/C18H12BrNOS/c1-10-2-5-16-14(6-10)18(21)17(22-16)7-11-9-20-15-4-3-12(19)8-13(11)15/h2-9,20H,1H3/b17-7-. The number of nitrogens with one attached hydrogen (secondary N) is 1. The number of H-pyrrole nitrogens is 1. The number of aryl methyl sites for hydroxylation is 1. The first kappa shape index (κ1) is 13.9. The summed E-state index contributed by atoms with van der Waals surface area (Å²) >= 11 is 5.05. The summed E-state index contributed by atoms with van der Waals surface area (Å²) in [5, 5.41) is 1.11. The van der Waals surface area contributed by atoms with Gasteiger partial charge in [0, 0.05) is 37.6 Å². The second-order valence-corrected chi connectivity index (χ2v) is 7.37. The average molecular weight is 370 g/mol. The van der Waals surface area contributed by atoms with Crippen molar-refractivity contribution in [2.45, 2.75) is 11.8 Å². The van der Waals surface area contributed by atoms with Crippen LogP contribution in [0.1, 0.15) is 21.5 Å². The molecule has 0 bridgehead atoms. The Labute approximate surface area is 140 Å². The van der Waals surface area contributed by atoms with Gasteiger partial charge in [-0.05, 0) is 43.3 Å². The number of thioether (sulfide) groups is 1. The molecule has 22 heavy (non-hydrogen) atoms. The molecule has 0 fully saturated rings. The van der Waals surface area contributed by atoms with Crippen LogP contribution >= 0.6 is 27.7 Å². The highest BCUT2D eigenvalue weighted by Gasteiger charge is 2.26. The molecular formula is C18H12BrNOS. The van der Waals surface area contributed by atoms with E-state index in [1.807, 2.05) is 49.5 Å². The molecule has 3 aromatic rings. The summed E-state index contributed by atoms with van der Waals surface area (Å²) in [5.74, 6) is 0.119. The van der Waals surface area contributed by atoms with Crippen LogP contribution in [0.3, 0.4) is 0 Å². The Morgan fingerprint density at radius 1 is 1.18 bits per heavy atom. The van der Waals surface area contributed by atoms with Crippen molar-refractivity contribution in [2.24, 2.45) is 0 Å². The third-order valence-corrected chi connectivity index (χ3v) is 5.38. The number of aromatic amines is 1. The van der Waals surface area contributed by atoms with Crippen LogP contribution in [-0.2, 0) is 0 Å². The molecule has 0 amide bonds. The summed E-state index contributed by atoms with van der Waals surface area (Å²) in [5.41, 5.74) is 4.04. The van der Waals surface area contributed by atoms with Crippen molar-refractivity contribution >= 4 is 50.5 Å². The number of carbonyl (C=O) groups is 1. The van der Waals surface area contributed by atoms with E-state index < -0.39 is 0 Å². The Hall–Kier alpha value is -1.78. The van der Waals surface area contributed by atoms with Crippen LogP contribution in [0.5, 0.6) is 0 Å². The highest BCUT2D eigenvalue weighted by Crippen LogP contribution is 2.41. The predicted molar refractivity (Wildman–Crippen MR) is 95.3 cm³/mol. The van der Waals surface area contributed by atoms with Crippen LogP contribution in [0.2, 0.25) is 0 Å². The van der Waals surface area contributed by atoms with Gasteiger partial charge in [-0.2, -0.15) is 0 Å². The molecule has 0 saturated heterocycles. The van der Waals surface area contributed by atoms with Crippen molar-refractivity contribution in [1.82, 2.24) is 4.98 Å². The first-order valence-corrected chi connectivity index (χ1v) is 8.54. The van der Waals surface area contributed by atoms with E-state index in [9.17, 15) is 4.79 Å². The molecule has 108 valence electrons. The molecule has 2 aromatic carbocycles. The molecule has 1 aliphatic heterocycles. The highest BCUT2D eigenvalue weighted by molar-refractivity contribution is 9.10.